The Kier molecular flexibility index (Phi) is 7.23. The molecule has 148 valence electrons. The zero-order chi connectivity index (χ0) is 20.8. The molecule has 3 rings (SSSR count). The van der Waals surface area contributed by atoms with Crippen LogP contribution < -0.4 is 9.47 Å². The molecule has 1 aliphatic rings. The SMILES string of the molecule is C#CCN1C(=O)S/C(=C/c2ccc(OCc3ccc(I)cc3)c(OCC)c2)C1=O. The second-order valence-corrected chi connectivity index (χ2v) is 8.27. The molecule has 1 heterocycles. The summed E-state index contributed by atoms with van der Waals surface area (Å²) in [6, 6.07) is 13.5. The minimum Gasteiger partial charge on any atom is -0.490 e. The number of amides is 2. The van der Waals surface area contributed by atoms with Gasteiger partial charge in [-0.3, -0.25) is 14.5 Å². The highest BCUT2D eigenvalue weighted by atomic mass is 127. The first-order chi connectivity index (χ1) is 14.0. The highest BCUT2D eigenvalue weighted by Gasteiger charge is 2.34. The van der Waals surface area contributed by atoms with Crippen molar-refractivity contribution in [2.75, 3.05) is 13.2 Å². The topological polar surface area (TPSA) is 55.8 Å². The van der Waals surface area contributed by atoms with Crippen molar-refractivity contribution < 1.29 is 19.1 Å². The number of rotatable bonds is 7. The number of imide groups is 1. The van der Waals surface area contributed by atoms with Crippen molar-refractivity contribution in [1.82, 2.24) is 4.90 Å². The van der Waals surface area contributed by atoms with Gasteiger partial charge < -0.3 is 9.47 Å². The molecule has 0 N–H and O–H groups in total. The van der Waals surface area contributed by atoms with Gasteiger partial charge in [-0.25, -0.2) is 0 Å². The highest BCUT2D eigenvalue weighted by molar-refractivity contribution is 14.1. The zero-order valence-corrected chi connectivity index (χ0v) is 18.7. The fourth-order valence-corrected chi connectivity index (χ4v) is 3.82. The molecule has 0 unspecified atom stereocenters. The third-order valence-electron chi connectivity index (χ3n) is 4.00. The van der Waals surface area contributed by atoms with Crippen LogP contribution in [0, 0.1) is 15.9 Å². The van der Waals surface area contributed by atoms with Crippen molar-refractivity contribution in [3.05, 3.63) is 62.1 Å². The summed E-state index contributed by atoms with van der Waals surface area (Å²) >= 11 is 3.14. The first kappa shape index (κ1) is 21.3. The summed E-state index contributed by atoms with van der Waals surface area (Å²) in [5.74, 6) is 3.14. The Morgan fingerprint density at radius 1 is 1.14 bits per heavy atom. The monoisotopic (exact) mass is 519 g/mol. The van der Waals surface area contributed by atoms with Gasteiger partial charge in [0, 0.05) is 3.57 Å². The predicted molar refractivity (Wildman–Crippen MR) is 123 cm³/mol. The minimum atomic E-state index is -0.380. The molecule has 1 aliphatic heterocycles. The average molecular weight is 519 g/mol. The van der Waals surface area contributed by atoms with Gasteiger partial charge in [0.05, 0.1) is 18.1 Å². The highest BCUT2D eigenvalue weighted by Crippen LogP contribution is 2.34. The predicted octanol–water partition coefficient (Wildman–Crippen LogP) is 4.94. The molecule has 0 aromatic heterocycles. The van der Waals surface area contributed by atoms with Crippen LogP contribution in [0.1, 0.15) is 18.1 Å². The van der Waals surface area contributed by atoms with Crippen molar-refractivity contribution >= 4 is 51.6 Å². The van der Waals surface area contributed by atoms with E-state index in [1.54, 1.807) is 18.2 Å². The number of hydrogen-bond acceptors (Lipinski definition) is 5. The summed E-state index contributed by atoms with van der Waals surface area (Å²) < 4.78 is 12.8. The zero-order valence-electron chi connectivity index (χ0n) is 15.7. The Hall–Kier alpha value is -2.44. The smallest absolute Gasteiger partial charge is 0.294 e. The molecule has 5 nitrogen and oxygen atoms in total. The number of benzene rings is 2. The van der Waals surface area contributed by atoms with Gasteiger partial charge in [-0.15, -0.1) is 6.42 Å². The summed E-state index contributed by atoms with van der Waals surface area (Å²) in [5, 5.41) is -0.360. The van der Waals surface area contributed by atoms with E-state index < -0.39 is 0 Å². The van der Waals surface area contributed by atoms with Gasteiger partial charge >= 0.3 is 0 Å². The van der Waals surface area contributed by atoms with Crippen molar-refractivity contribution in [2.45, 2.75) is 13.5 Å². The Labute approximate surface area is 187 Å². The summed E-state index contributed by atoms with van der Waals surface area (Å²) in [6.07, 6.45) is 6.88. The Morgan fingerprint density at radius 3 is 2.59 bits per heavy atom. The fraction of sp³-hybridized carbons (Fsp3) is 0.182. The number of nitrogens with zero attached hydrogens (tertiary/aromatic N) is 1. The largest absolute Gasteiger partial charge is 0.490 e. The van der Waals surface area contributed by atoms with Gasteiger partial charge in [0.1, 0.15) is 6.61 Å². The molecule has 2 aromatic rings. The molecule has 29 heavy (non-hydrogen) atoms. The van der Waals surface area contributed by atoms with E-state index in [4.69, 9.17) is 15.9 Å². The quantitative estimate of drug-likeness (QED) is 0.295. The van der Waals surface area contributed by atoms with E-state index in [-0.39, 0.29) is 17.7 Å². The number of thioether (sulfide) groups is 1. The number of carbonyl (C=O) groups is 2. The van der Waals surface area contributed by atoms with Crippen LogP contribution in [0.15, 0.2) is 47.4 Å². The van der Waals surface area contributed by atoms with E-state index >= 15 is 0 Å². The lowest BCUT2D eigenvalue weighted by atomic mass is 10.1. The van der Waals surface area contributed by atoms with Crippen LogP contribution in [-0.4, -0.2) is 29.2 Å². The van der Waals surface area contributed by atoms with Crippen LogP contribution in [0.3, 0.4) is 0 Å². The normalized spacial score (nSPS) is 14.9. The van der Waals surface area contributed by atoms with Crippen molar-refractivity contribution in [3.63, 3.8) is 0 Å². The van der Waals surface area contributed by atoms with E-state index in [1.807, 2.05) is 37.3 Å². The molecule has 0 radical (unpaired) electrons. The van der Waals surface area contributed by atoms with Crippen LogP contribution in [0.4, 0.5) is 4.79 Å². The van der Waals surface area contributed by atoms with Crippen molar-refractivity contribution in [2.24, 2.45) is 0 Å². The molecule has 0 saturated carbocycles. The molecule has 0 bridgehead atoms. The summed E-state index contributed by atoms with van der Waals surface area (Å²) in [4.78, 5) is 25.6. The molecular formula is C22H18INO4S. The van der Waals surface area contributed by atoms with Gasteiger partial charge in [-0.2, -0.15) is 0 Å². The number of terminal acetylenes is 1. The Bertz CT molecular complexity index is 995. The summed E-state index contributed by atoms with van der Waals surface area (Å²) in [5.41, 5.74) is 1.79. The third-order valence-corrected chi connectivity index (χ3v) is 5.62. The lowest BCUT2D eigenvalue weighted by molar-refractivity contribution is -0.122. The van der Waals surface area contributed by atoms with Crippen LogP contribution >= 0.6 is 34.4 Å². The molecule has 0 atom stereocenters. The minimum absolute atomic E-state index is 0.0302. The third kappa shape index (κ3) is 5.34. The van der Waals surface area contributed by atoms with E-state index in [1.165, 1.54) is 0 Å². The molecule has 1 fully saturated rings. The molecule has 0 spiro atoms. The maximum Gasteiger partial charge on any atom is 0.294 e. The number of halogens is 1. The second kappa shape index (κ2) is 9.85. The standard InChI is InChI=1S/C22H18INO4S/c1-3-11-24-21(25)20(29-22(24)26)13-16-7-10-18(19(12-16)27-4-2)28-14-15-5-8-17(23)9-6-15/h1,5-10,12-13H,4,11,14H2,2H3/b20-13+. The van der Waals surface area contributed by atoms with Crippen LogP contribution in [0.5, 0.6) is 11.5 Å². The number of carbonyl (C=O) groups excluding carboxylic acids is 2. The lowest BCUT2D eigenvalue weighted by Gasteiger charge is -2.13. The Morgan fingerprint density at radius 2 is 1.90 bits per heavy atom. The molecule has 0 aliphatic carbocycles. The van der Waals surface area contributed by atoms with Gasteiger partial charge in [0.15, 0.2) is 11.5 Å². The van der Waals surface area contributed by atoms with Crippen molar-refractivity contribution in [1.29, 1.82) is 0 Å². The van der Waals surface area contributed by atoms with E-state index in [0.29, 0.717) is 29.6 Å². The van der Waals surface area contributed by atoms with Crippen LogP contribution in [-0.2, 0) is 11.4 Å². The lowest BCUT2D eigenvalue weighted by Crippen LogP contribution is -2.28. The van der Waals surface area contributed by atoms with E-state index in [0.717, 1.165) is 31.4 Å². The number of ether oxygens (including phenoxy) is 2. The van der Waals surface area contributed by atoms with Gasteiger partial charge in [-0.05, 0) is 82.7 Å². The first-order valence-corrected chi connectivity index (χ1v) is 10.7. The first-order valence-electron chi connectivity index (χ1n) is 8.84. The molecule has 7 heteroatoms. The van der Waals surface area contributed by atoms with E-state index in [2.05, 4.69) is 28.5 Å². The average Bonchev–Trinajstić information content (AvgIpc) is 2.97. The van der Waals surface area contributed by atoms with Crippen molar-refractivity contribution in [3.8, 4) is 23.8 Å². The van der Waals surface area contributed by atoms with Gasteiger partial charge in [0.2, 0.25) is 0 Å². The molecule has 2 amide bonds. The van der Waals surface area contributed by atoms with Gasteiger partial charge in [-0.1, -0.05) is 24.1 Å². The number of hydrogen-bond donors (Lipinski definition) is 0. The maximum atomic E-state index is 12.3. The van der Waals surface area contributed by atoms with E-state index in [9.17, 15) is 9.59 Å². The molecular weight excluding hydrogens is 501 g/mol. The van der Waals surface area contributed by atoms with Gasteiger partial charge in [0.25, 0.3) is 11.1 Å². The summed E-state index contributed by atoms with van der Waals surface area (Å²) in [7, 11) is 0. The molecule has 2 aromatic carbocycles. The fourth-order valence-electron chi connectivity index (χ4n) is 2.62. The maximum absolute atomic E-state index is 12.3. The summed E-state index contributed by atoms with van der Waals surface area (Å²) in [6.45, 7) is 2.75. The molecule has 1 saturated heterocycles. The van der Waals surface area contributed by atoms with Crippen LogP contribution in [0.25, 0.3) is 6.08 Å². The second-order valence-electron chi connectivity index (χ2n) is 6.03. The Balaban J connectivity index is 1.79. The van der Waals surface area contributed by atoms with Crippen LogP contribution in [0.2, 0.25) is 0 Å².